The number of fused-ring (bicyclic) bond motifs is 3. The van der Waals surface area contributed by atoms with Crippen molar-refractivity contribution in [2.45, 2.75) is 45.1 Å². The number of nitrogens with one attached hydrogen (secondary N) is 1. The average molecular weight is 479 g/mol. The van der Waals surface area contributed by atoms with Crippen LogP contribution in [-0.2, 0) is 24.0 Å². The highest BCUT2D eigenvalue weighted by Crippen LogP contribution is 2.45. The van der Waals surface area contributed by atoms with Crippen LogP contribution in [0.4, 0.5) is 14.9 Å². The van der Waals surface area contributed by atoms with Gasteiger partial charge in [-0.05, 0) is 92.1 Å². The van der Waals surface area contributed by atoms with Crippen molar-refractivity contribution in [3.8, 4) is 0 Å². The van der Waals surface area contributed by atoms with Crippen molar-refractivity contribution in [3.05, 3.63) is 86.4 Å². The fourth-order valence-corrected chi connectivity index (χ4v) is 6.53. The minimum atomic E-state index is -0.387. The van der Waals surface area contributed by atoms with E-state index in [1.807, 2.05) is 16.2 Å². The SMILES string of the molecule is CCOC(=O)c1ccc(NC(=O)N2CCc3c(sc4c3CCCC4)C2c2ccc(F)cc2)cc1. The third kappa shape index (κ3) is 4.32. The van der Waals surface area contributed by atoms with Gasteiger partial charge in [0.1, 0.15) is 5.82 Å². The molecule has 5 nitrogen and oxygen atoms in total. The lowest BCUT2D eigenvalue weighted by atomic mass is 9.88. The molecular formula is C27H27FN2O3S. The van der Waals surface area contributed by atoms with Gasteiger partial charge < -0.3 is 15.0 Å². The zero-order valence-corrected chi connectivity index (χ0v) is 19.9. The Bertz CT molecular complexity index is 1200. The zero-order valence-electron chi connectivity index (χ0n) is 19.1. The van der Waals surface area contributed by atoms with Crippen molar-refractivity contribution in [1.29, 1.82) is 0 Å². The number of rotatable bonds is 4. The Labute approximate surface area is 202 Å². The van der Waals surface area contributed by atoms with Crippen LogP contribution in [0.15, 0.2) is 48.5 Å². The predicted octanol–water partition coefficient (Wildman–Crippen LogP) is 6.12. The molecule has 2 aliphatic rings. The van der Waals surface area contributed by atoms with Gasteiger partial charge in [0.2, 0.25) is 0 Å². The molecule has 0 fully saturated rings. The Hall–Kier alpha value is -3.19. The Morgan fingerprint density at radius 1 is 1.03 bits per heavy atom. The maximum Gasteiger partial charge on any atom is 0.338 e. The molecular weight excluding hydrogens is 451 g/mol. The first-order valence-corrected chi connectivity index (χ1v) is 12.6. The molecule has 7 heteroatoms. The molecule has 3 aromatic rings. The number of esters is 1. The third-order valence-corrected chi connectivity index (χ3v) is 7.96. The normalized spacial score (nSPS) is 17.0. The first-order chi connectivity index (χ1) is 16.5. The van der Waals surface area contributed by atoms with Gasteiger partial charge in [-0.1, -0.05) is 12.1 Å². The van der Waals surface area contributed by atoms with Gasteiger partial charge in [0.05, 0.1) is 18.2 Å². The number of ether oxygens (including phenoxy) is 1. The second-order valence-corrected chi connectivity index (χ2v) is 9.82. The summed E-state index contributed by atoms with van der Waals surface area (Å²) >= 11 is 1.82. The van der Waals surface area contributed by atoms with Gasteiger partial charge in [0.25, 0.3) is 0 Å². The smallest absolute Gasteiger partial charge is 0.338 e. The van der Waals surface area contributed by atoms with Gasteiger partial charge in [-0.15, -0.1) is 11.3 Å². The highest BCUT2D eigenvalue weighted by atomic mass is 32.1. The van der Waals surface area contributed by atoms with E-state index in [1.165, 1.54) is 45.9 Å². The third-order valence-electron chi connectivity index (χ3n) is 6.57. The lowest BCUT2D eigenvalue weighted by Crippen LogP contribution is -2.42. The lowest BCUT2D eigenvalue weighted by molar-refractivity contribution is 0.0526. The summed E-state index contributed by atoms with van der Waals surface area (Å²) in [4.78, 5) is 29.8. The molecule has 5 rings (SSSR count). The van der Waals surface area contributed by atoms with Crippen molar-refractivity contribution >= 4 is 29.0 Å². The maximum atomic E-state index is 13.7. The van der Waals surface area contributed by atoms with Crippen LogP contribution in [0.25, 0.3) is 0 Å². The standard InChI is InChI=1S/C27H27FN2O3S/c1-2-33-26(31)18-9-13-20(14-10-18)29-27(32)30-16-15-22-21-5-3-4-6-23(21)34-25(22)24(30)17-7-11-19(28)12-8-17/h7-14,24H,2-6,15-16H2,1H3,(H,29,32). The molecule has 1 aliphatic heterocycles. The summed E-state index contributed by atoms with van der Waals surface area (Å²) in [6.07, 6.45) is 5.45. The minimum absolute atomic E-state index is 0.213. The van der Waals surface area contributed by atoms with E-state index >= 15 is 0 Å². The molecule has 0 bridgehead atoms. The molecule has 1 unspecified atom stereocenters. The van der Waals surface area contributed by atoms with Crippen LogP contribution < -0.4 is 5.32 Å². The number of thiophene rings is 1. The fourth-order valence-electron chi connectivity index (χ4n) is 4.94. The fraction of sp³-hybridized carbons (Fsp3) is 0.333. The van der Waals surface area contributed by atoms with E-state index in [1.54, 1.807) is 43.3 Å². The highest BCUT2D eigenvalue weighted by molar-refractivity contribution is 7.12. The number of hydrogen-bond acceptors (Lipinski definition) is 4. The minimum Gasteiger partial charge on any atom is -0.462 e. The summed E-state index contributed by atoms with van der Waals surface area (Å²) < 4.78 is 18.7. The van der Waals surface area contributed by atoms with Crippen LogP contribution in [0, 0.1) is 5.82 Å². The second-order valence-electron chi connectivity index (χ2n) is 8.68. The van der Waals surface area contributed by atoms with E-state index in [0.29, 0.717) is 24.4 Å². The molecule has 0 saturated carbocycles. The Kier molecular flexibility index (Phi) is 6.37. The van der Waals surface area contributed by atoms with Crippen molar-refractivity contribution in [1.82, 2.24) is 4.90 Å². The number of hydrogen-bond donors (Lipinski definition) is 1. The van der Waals surface area contributed by atoms with Gasteiger partial charge in [0.15, 0.2) is 0 Å². The van der Waals surface area contributed by atoms with Crippen molar-refractivity contribution in [2.75, 3.05) is 18.5 Å². The number of anilines is 1. The summed E-state index contributed by atoms with van der Waals surface area (Å²) in [6.45, 7) is 2.66. The number of carbonyl (C=O) groups is 2. The summed E-state index contributed by atoms with van der Waals surface area (Å²) in [6, 6.07) is 12.7. The second kappa shape index (κ2) is 9.58. The molecule has 0 spiro atoms. The van der Waals surface area contributed by atoms with Crippen LogP contribution in [0.2, 0.25) is 0 Å². The number of carbonyl (C=O) groups excluding carboxylic acids is 2. The molecule has 34 heavy (non-hydrogen) atoms. The number of benzene rings is 2. The Morgan fingerprint density at radius 2 is 1.76 bits per heavy atom. The van der Waals surface area contributed by atoms with Crippen LogP contribution in [0.1, 0.15) is 62.6 Å². The highest BCUT2D eigenvalue weighted by Gasteiger charge is 2.36. The molecule has 176 valence electrons. The van der Waals surface area contributed by atoms with Crippen LogP contribution in [-0.4, -0.2) is 30.1 Å². The van der Waals surface area contributed by atoms with Gasteiger partial charge in [0, 0.05) is 22.0 Å². The van der Waals surface area contributed by atoms with Crippen LogP contribution in [0.5, 0.6) is 0 Å². The Morgan fingerprint density at radius 3 is 2.50 bits per heavy atom. The summed E-state index contributed by atoms with van der Waals surface area (Å²) in [5.41, 5.74) is 4.82. The Balaban J connectivity index is 1.44. The van der Waals surface area contributed by atoms with Crippen LogP contribution >= 0.6 is 11.3 Å². The number of nitrogens with zero attached hydrogens (tertiary/aromatic N) is 1. The topological polar surface area (TPSA) is 58.6 Å². The quantitative estimate of drug-likeness (QED) is 0.460. The lowest BCUT2D eigenvalue weighted by Gasteiger charge is -2.36. The maximum absolute atomic E-state index is 13.7. The first kappa shape index (κ1) is 22.6. The summed E-state index contributed by atoms with van der Waals surface area (Å²) in [7, 11) is 0. The van der Waals surface area contributed by atoms with Gasteiger partial charge in [-0.3, -0.25) is 0 Å². The predicted molar refractivity (Wildman–Crippen MR) is 131 cm³/mol. The van der Waals surface area contributed by atoms with E-state index < -0.39 is 0 Å². The largest absolute Gasteiger partial charge is 0.462 e. The molecule has 2 heterocycles. The van der Waals surface area contributed by atoms with E-state index in [2.05, 4.69) is 5.32 Å². The summed E-state index contributed by atoms with van der Waals surface area (Å²) in [5.74, 6) is -0.676. The molecule has 1 aromatic heterocycles. The van der Waals surface area contributed by atoms with E-state index in [-0.39, 0.29) is 23.9 Å². The average Bonchev–Trinajstić information content (AvgIpc) is 3.23. The van der Waals surface area contributed by atoms with Crippen LogP contribution in [0.3, 0.4) is 0 Å². The summed E-state index contributed by atoms with van der Waals surface area (Å²) in [5, 5.41) is 2.98. The molecule has 0 saturated heterocycles. The molecule has 0 radical (unpaired) electrons. The molecule has 2 aromatic carbocycles. The number of aryl methyl sites for hydroxylation is 1. The van der Waals surface area contributed by atoms with E-state index in [0.717, 1.165) is 24.8 Å². The molecule has 1 aliphatic carbocycles. The molecule has 1 N–H and O–H groups in total. The van der Waals surface area contributed by atoms with Crippen molar-refractivity contribution in [2.24, 2.45) is 0 Å². The number of halogens is 1. The molecule has 1 atom stereocenters. The van der Waals surface area contributed by atoms with E-state index in [9.17, 15) is 14.0 Å². The van der Waals surface area contributed by atoms with Crippen molar-refractivity contribution < 1.29 is 18.7 Å². The number of amides is 2. The molecule has 2 amide bonds. The van der Waals surface area contributed by atoms with Gasteiger partial charge in [-0.25, -0.2) is 14.0 Å². The number of urea groups is 1. The van der Waals surface area contributed by atoms with Crippen molar-refractivity contribution in [3.63, 3.8) is 0 Å². The zero-order chi connectivity index (χ0) is 23.7. The first-order valence-electron chi connectivity index (χ1n) is 11.8. The van der Waals surface area contributed by atoms with Gasteiger partial charge in [-0.2, -0.15) is 0 Å². The monoisotopic (exact) mass is 478 g/mol. The van der Waals surface area contributed by atoms with E-state index in [4.69, 9.17) is 4.74 Å². The van der Waals surface area contributed by atoms with Gasteiger partial charge >= 0.3 is 12.0 Å².